The number of nitrogen functional groups attached to an aromatic ring is 1. The SMILES string of the molecule is Cc1n[nH]c(C)c1-c1ccc(N)c(F)n1. The molecule has 0 fully saturated rings. The van der Waals surface area contributed by atoms with Crippen molar-refractivity contribution < 1.29 is 4.39 Å². The number of nitrogens with two attached hydrogens (primary N) is 1. The molecule has 2 heterocycles. The summed E-state index contributed by atoms with van der Waals surface area (Å²) in [6.45, 7) is 3.71. The fraction of sp³-hybridized carbons (Fsp3) is 0.200. The summed E-state index contributed by atoms with van der Waals surface area (Å²) in [7, 11) is 0. The van der Waals surface area contributed by atoms with Crippen molar-refractivity contribution in [3.8, 4) is 11.3 Å². The third-order valence-electron chi connectivity index (χ3n) is 2.26. The van der Waals surface area contributed by atoms with Gasteiger partial charge in [-0.25, -0.2) is 4.98 Å². The van der Waals surface area contributed by atoms with Crippen LogP contribution < -0.4 is 5.73 Å². The highest BCUT2D eigenvalue weighted by atomic mass is 19.1. The van der Waals surface area contributed by atoms with Crippen LogP contribution in [-0.2, 0) is 0 Å². The van der Waals surface area contributed by atoms with Crippen molar-refractivity contribution in [2.75, 3.05) is 5.73 Å². The van der Waals surface area contributed by atoms with E-state index in [9.17, 15) is 4.39 Å². The molecule has 0 saturated carbocycles. The van der Waals surface area contributed by atoms with Gasteiger partial charge in [0.05, 0.1) is 17.1 Å². The minimum absolute atomic E-state index is 0.0533. The number of hydrogen-bond acceptors (Lipinski definition) is 3. The standard InChI is InChI=1S/C10H11FN4/c1-5-9(6(2)15-14-5)8-4-3-7(12)10(11)13-8/h3-4H,12H2,1-2H3,(H,14,15). The van der Waals surface area contributed by atoms with Crippen LogP contribution in [0.15, 0.2) is 12.1 Å². The summed E-state index contributed by atoms with van der Waals surface area (Å²) in [5, 5.41) is 6.85. The lowest BCUT2D eigenvalue weighted by molar-refractivity contribution is 0.590. The number of pyridine rings is 1. The number of aryl methyl sites for hydroxylation is 2. The van der Waals surface area contributed by atoms with E-state index in [2.05, 4.69) is 15.2 Å². The first-order chi connectivity index (χ1) is 7.09. The Morgan fingerprint density at radius 2 is 2.07 bits per heavy atom. The Kier molecular flexibility index (Phi) is 2.15. The molecule has 2 aromatic heterocycles. The highest BCUT2D eigenvalue weighted by molar-refractivity contribution is 5.65. The molecule has 0 spiro atoms. The zero-order chi connectivity index (χ0) is 11.0. The van der Waals surface area contributed by atoms with E-state index < -0.39 is 5.95 Å². The van der Waals surface area contributed by atoms with Crippen LogP contribution in [0.1, 0.15) is 11.4 Å². The van der Waals surface area contributed by atoms with E-state index in [1.165, 1.54) is 6.07 Å². The highest BCUT2D eigenvalue weighted by Crippen LogP contribution is 2.24. The maximum Gasteiger partial charge on any atom is 0.236 e. The Morgan fingerprint density at radius 1 is 1.33 bits per heavy atom. The molecule has 4 nitrogen and oxygen atoms in total. The van der Waals surface area contributed by atoms with Crippen molar-refractivity contribution >= 4 is 5.69 Å². The molecule has 2 aromatic rings. The zero-order valence-electron chi connectivity index (χ0n) is 8.50. The molecule has 3 N–H and O–H groups in total. The quantitative estimate of drug-likeness (QED) is 0.699. The zero-order valence-corrected chi connectivity index (χ0v) is 8.50. The van der Waals surface area contributed by atoms with Gasteiger partial charge < -0.3 is 5.73 Å². The van der Waals surface area contributed by atoms with Crippen LogP contribution in [0.2, 0.25) is 0 Å². The average molecular weight is 206 g/mol. The first-order valence-electron chi connectivity index (χ1n) is 4.53. The predicted molar refractivity (Wildman–Crippen MR) is 55.7 cm³/mol. The largest absolute Gasteiger partial charge is 0.395 e. The minimum Gasteiger partial charge on any atom is -0.395 e. The Labute approximate surface area is 86.3 Å². The van der Waals surface area contributed by atoms with Gasteiger partial charge in [0, 0.05) is 11.3 Å². The molecule has 0 bridgehead atoms. The summed E-state index contributed by atoms with van der Waals surface area (Å²) in [4.78, 5) is 3.79. The normalized spacial score (nSPS) is 10.6. The number of nitrogens with zero attached hydrogens (tertiary/aromatic N) is 2. The smallest absolute Gasteiger partial charge is 0.236 e. The van der Waals surface area contributed by atoms with E-state index >= 15 is 0 Å². The fourth-order valence-corrected chi connectivity index (χ4v) is 1.51. The lowest BCUT2D eigenvalue weighted by Crippen LogP contribution is -1.96. The van der Waals surface area contributed by atoms with Crippen LogP contribution >= 0.6 is 0 Å². The number of nitrogens with one attached hydrogen (secondary N) is 1. The minimum atomic E-state index is -0.646. The molecule has 78 valence electrons. The van der Waals surface area contributed by atoms with Crippen molar-refractivity contribution in [3.05, 3.63) is 29.5 Å². The van der Waals surface area contributed by atoms with Crippen LogP contribution in [0.3, 0.4) is 0 Å². The van der Waals surface area contributed by atoms with Crippen molar-refractivity contribution in [1.29, 1.82) is 0 Å². The summed E-state index contributed by atoms with van der Waals surface area (Å²) >= 11 is 0. The van der Waals surface area contributed by atoms with Gasteiger partial charge in [-0.3, -0.25) is 5.10 Å². The van der Waals surface area contributed by atoms with Crippen LogP contribution in [0, 0.1) is 19.8 Å². The molecule has 0 saturated heterocycles. The van der Waals surface area contributed by atoms with Crippen LogP contribution in [-0.4, -0.2) is 15.2 Å². The Bertz CT molecular complexity index is 485. The number of aromatic amines is 1. The lowest BCUT2D eigenvalue weighted by atomic mass is 10.1. The van der Waals surface area contributed by atoms with Gasteiger partial charge in [-0.2, -0.15) is 9.49 Å². The van der Waals surface area contributed by atoms with Gasteiger partial charge in [-0.05, 0) is 26.0 Å². The van der Waals surface area contributed by atoms with Gasteiger partial charge in [0.1, 0.15) is 0 Å². The maximum absolute atomic E-state index is 13.2. The summed E-state index contributed by atoms with van der Waals surface area (Å²) in [6.07, 6.45) is 0. The number of anilines is 1. The van der Waals surface area contributed by atoms with E-state index in [-0.39, 0.29) is 5.69 Å². The average Bonchev–Trinajstić information content (AvgIpc) is 2.52. The molecule has 0 amide bonds. The summed E-state index contributed by atoms with van der Waals surface area (Å²) in [5.41, 5.74) is 8.45. The molecule has 0 radical (unpaired) electrons. The van der Waals surface area contributed by atoms with Gasteiger partial charge >= 0.3 is 0 Å². The number of halogens is 1. The highest BCUT2D eigenvalue weighted by Gasteiger charge is 2.11. The topological polar surface area (TPSA) is 67.6 Å². The summed E-state index contributed by atoms with van der Waals surface area (Å²) < 4.78 is 13.2. The van der Waals surface area contributed by atoms with Crippen molar-refractivity contribution in [3.63, 3.8) is 0 Å². The molecular formula is C10H11FN4. The second kappa shape index (κ2) is 3.34. The Morgan fingerprint density at radius 3 is 2.60 bits per heavy atom. The Hall–Kier alpha value is -1.91. The first kappa shape index (κ1) is 9.64. The van der Waals surface area contributed by atoms with Gasteiger partial charge in [-0.15, -0.1) is 0 Å². The summed E-state index contributed by atoms with van der Waals surface area (Å²) in [5.74, 6) is -0.646. The van der Waals surface area contributed by atoms with Gasteiger partial charge in [0.25, 0.3) is 0 Å². The van der Waals surface area contributed by atoms with Crippen LogP contribution in [0.4, 0.5) is 10.1 Å². The molecule has 0 aliphatic rings. The first-order valence-corrected chi connectivity index (χ1v) is 4.53. The molecule has 0 unspecified atom stereocenters. The molecule has 5 heteroatoms. The van der Waals surface area contributed by atoms with Gasteiger partial charge in [0.15, 0.2) is 0 Å². The van der Waals surface area contributed by atoms with Crippen molar-refractivity contribution in [2.45, 2.75) is 13.8 Å². The maximum atomic E-state index is 13.2. The van der Waals surface area contributed by atoms with E-state index in [4.69, 9.17) is 5.73 Å². The second-order valence-electron chi connectivity index (χ2n) is 3.39. The number of H-pyrrole nitrogens is 1. The van der Waals surface area contributed by atoms with Crippen LogP contribution in [0.5, 0.6) is 0 Å². The number of hydrogen-bond donors (Lipinski definition) is 2. The number of aromatic nitrogens is 3. The lowest BCUT2D eigenvalue weighted by Gasteiger charge is -2.02. The van der Waals surface area contributed by atoms with E-state index in [0.717, 1.165) is 17.0 Å². The molecule has 0 aromatic carbocycles. The van der Waals surface area contributed by atoms with E-state index in [1.807, 2.05) is 13.8 Å². The summed E-state index contributed by atoms with van der Waals surface area (Å²) in [6, 6.07) is 3.19. The van der Waals surface area contributed by atoms with Crippen molar-refractivity contribution in [2.24, 2.45) is 0 Å². The molecule has 0 atom stereocenters. The Balaban J connectivity index is 2.59. The monoisotopic (exact) mass is 206 g/mol. The van der Waals surface area contributed by atoms with E-state index in [1.54, 1.807) is 6.07 Å². The number of rotatable bonds is 1. The van der Waals surface area contributed by atoms with Crippen molar-refractivity contribution in [1.82, 2.24) is 15.2 Å². The molecule has 15 heavy (non-hydrogen) atoms. The molecule has 0 aliphatic heterocycles. The van der Waals surface area contributed by atoms with E-state index in [0.29, 0.717) is 5.69 Å². The third-order valence-corrected chi connectivity index (χ3v) is 2.26. The molecular weight excluding hydrogens is 195 g/mol. The van der Waals surface area contributed by atoms with Gasteiger partial charge in [-0.1, -0.05) is 0 Å². The molecule has 2 rings (SSSR count). The van der Waals surface area contributed by atoms with Gasteiger partial charge in [0.2, 0.25) is 5.95 Å². The van der Waals surface area contributed by atoms with Crippen LogP contribution in [0.25, 0.3) is 11.3 Å². The fourth-order valence-electron chi connectivity index (χ4n) is 1.51. The third kappa shape index (κ3) is 1.56. The molecule has 0 aliphatic carbocycles. The predicted octanol–water partition coefficient (Wildman–Crippen LogP) is 1.81. The second-order valence-corrected chi connectivity index (χ2v) is 3.39.